The van der Waals surface area contributed by atoms with Gasteiger partial charge in [-0.3, -0.25) is 0 Å². The van der Waals surface area contributed by atoms with Crippen LogP contribution in [0.1, 0.15) is 32.1 Å². The van der Waals surface area contributed by atoms with Gasteiger partial charge in [-0.15, -0.1) is 6.42 Å². The van der Waals surface area contributed by atoms with Crippen molar-refractivity contribution in [2.24, 2.45) is 0 Å². The van der Waals surface area contributed by atoms with Gasteiger partial charge in [-0.1, -0.05) is 17.9 Å². The van der Waals surface area contributed by atoms with Crippen molar-refractivity contribution < 1.29 is 0 Å². The molecule has 0 aromatic carbocycles. The van der Waals surface area contributed by atoms with Crippen molar-refractivity contribution in [2.45, 2.75) is 44.2 Å². The van der Waals surface area contributed by atoms with E-state index in [1.54, 1.807) is 0 Å². The van der Waals surface area contributed by atoms with Gasteiger partial charge in [0.15, 0.2) is 0 Å². The SMILES string of the molecule is C#CC=C1CC2CCCC(C1)N2. The molecule has 2 saturated heterocycles. The summed E-state index contributed by atoms with van der Waals surface area (Å²) in [6.07, 6.45) is 13.6. The van der Waals surface area contributed by atoms with Crippen LogP contribution in [0.2, 0.25) is 0 Å². The van der Waals surface area contributed by atoms with Crippen LogP contribution in [0, 0.1) is 12.3 Å². The van der Waals surface area contributed by atoms with Crippen LogP contribution in [0.4, 0.5) is 0 Å². The van der Waals surface area contributed by atoms with Crippen LogP contribution in [-0.4, -0.2) is 12.1 Å². The molecule has 0 spiro atoms. The second kappa shape index (κ2) is 3.33. The molecular formula is C11H15N. The van der Waals surface area contributed by atoms with Crippen molar-refractivity contribution >= 4 is 0 Å². The molecule has 0 amide bonds. The first-order chi connectivity index (χ1) is 5.88. The maximum atomic E-state index is 5.26. The molecule has 1 nitrogen and oxygen atoms in total. The molecule has 2 atom stereocenters. The van der Waals surface area contributed by atoms with E-state index in [9.17, 15) is 0 Å². The van der Waals surface area contributed by atoms with E-state index in [0.717, 1.165) is 12.1 Å². The lowest BCUT2D eigenvalue weighted by Crippen LogP contribution is -2.46. The third-order valence-electron chi connectivity index (χ3n) is 2.88. The summed E-state index contributed by atoms with van der Waals surface area (Å²) >= 11 is 0. The minimum Gasteiger partial charge on any atom is -0.311 e. The molecule has 0 aliphatic carbocycles. The number of fused-ring (bicyclic) bond motifs is 2. The van der Waals surface area contributed by atoms with E-state index in [-0.39, 0.29) is 0 Å². The van der Waals surface area contributed by atoms with Gasteiger partial charge in [0.1, 0.15) is 0 Å². The quantitative estimate of drug-likeness (QED) is 0.535. The number of rotatable bonds is 0. The zero-order valence-electron chi connectivity index (χ0n) is 7.34. The maximum absolute atomic E-state index is 5.26. The smallest absolute Gasteiger partial charge is 0.0107 e. The summed E-state index contributed by atoms with van der Waals surface area (Å²) in [5.41, 5.74) is 1.48. The molecule has 1 N–H and O–H groups in total. The molecule has 1 heteroatoms. The topological polar surface area (TPSA) is 12.0 Å². The van der Waals surface area contributed by atoms with Gasteiger partial charge in [0.25, 0.3) is 0 Å². The first-order valence-electron chi connectivity index (χ1n) is 4.78. The first-order valence-corrected chi connectivity index (χ1v) is 4.78. The Labute approximate surface area is 74.2 Å². The van der Waals surface area contributed by atoms with Gasteiger partial charge in [0.05, 0.1) is 0 Å². The fraction of sp³-hybridized carbons (Fsp3) is 0.636. The highest BCUT2D eigenvalue weighted by atomic mass is 15.0. The Morgan fingerprint density at radius 1 is 1.33 bits per heavy atom. The largest absolute Gasteiger partial charge is 0.311 e. The Morgan fingerprint density at radius 2 is 2.00 bits per heavy atom. The van der Waals surface area contributed by atoms with Crippen LogP contribution < -0.4 is 5.32 Å². The van der Waals surface area contributed by atoms with E-state index < -0.39 is 0 Å². The van der Waals surface area contributed by atoms with Crippen molar-refractivity contribution in [3.05, 3.63) is 11.6 Å². The minimum absolute atomic E-state index is 0.720. The number of nitrogens with one attached hydrogen (secondary N) is 1. The van der Waals surface area contributed by atoms with Gasteiger partial charge in [-0.05, 0) is 31.8 Å². The lowest BCUT2D eigenvalue weighted by molar-refractivity contribution is 0.282. The van der Waals surface area contributed by atoms with Crippen LogP contribution in [0.5, 0.6) is 0 Å². The number of terminal acetylenes is 1. The maximum Gasteiger partial charge on any atom is 0.0107 e. The summed E-state index contributed by atoms with van der Waals surface area (Å²) in [7, 11) is 0. The molecule has 2 aliphatic heterocycles. The second-order valence-electron chi connectivity index (χ2n) is 3.87. The van der Waals surface area contributed by atoms with Crippen molar-refractivity contribution in [2.75, 3.05) is 0 Å². The van der Waals surface area contributed by atoms with E-state index >= 15 is 0 Å². The molecular weight excluding hydrogens is 146 g/mol. The predicted octanol–water partition coefficient (Wildman–Crippen LogP) is 1.85. The van der Waals surface area contributed by atoms with Gasteiger partial charge in [0.2, 0.25) is 0 Å². The normalized spacial score (nSPS) is 34.1. The summed E-state index contributed by atoms with van der Waals surface area (Å²) in [5.74, 6) is 2.64. The predicted molar refractivity (Wildman–Crippen MR) is 50.7 cm³/mol. The molecule has 64 valence electrons. The Bertz CT molecular complexity index is 220. The monoisotopic (exact) mass is 161 g/mol. The molecule has 2 bridgehead atoms. The fourth-order valence-electron chi connectivity index (χ4n) is 2.38. The van der Waals surface area contributed by atoms with Crippen molar-refractivity contribution in [3.63, 3.8) is 0 Å². The van der Waals surface area contributed by atoms with Crippen LogP contribution in [-0.2, 0) is 0 Å². The molecule has 2 aliphatic rings. The molecule has 0 saturated carbocycles. The Morgan fingerprint density at radius 3 is 2.58 bits per heavy atom. The summed E-state index contributed by atoms with van der Waals surface area (Å²) in [4.78, 5) is 0. The average Bonchev–Trinajstić information content (AvgIpc) is 2.04. The van der Waals surface area contributed by atoms with Crippen LogP contribution >= 0.6 is 0 Å². The minimum atomic E-state index is 0.720. The van der Waals surface area contributed by atoms with Crippen molar-refractivity contribution in [1.29, 1.82) is 0 Å². The zero-order valence-corrected chi connectivity index (χ0v) is 7.34. The highest BCUT2D eigenvalue weighted by Gasteiger charge is 2.27. The van der Waals surface area contributed by atoms with Crippen LogP contribution in [0.3, 0.4) is 0 Å². The second-order valence-corrected chi connectivity index (χ2v) is 3.87. The third-order valence-corrected chi connectivity index (χ3v) is 2.88. The van der Waals surface area contributed by atoms with Gasteiger partial charge < -0.3 is 5.32 Å². The van der Waals surface area contributed by atoms with Crippen molar-refractivity contribution in [1.82, 2.24) is 5.32 Å². The molecule has 2 fully saturated rings. The van der Waals surface area contributed by atoms with E-state index in [1.165, 1.54) is 37.7 Å². The summed E-state index contributed by atoms with van der Waals surface area (Å²) < 4.78 is 0. The average molecular weight is 161 g/mol. The van der Waals surface area contributed by atoms with E-state index in [2.05, 4.69) is 11.2 Å². The number of hydrogen-bond acceptors (Lipinski definition) is 1. The lowest BCUT2D eigenvalue weighted by atomic mass is 9.84. The van der Waals surface area contributed by atoms with Crippen LogP contribution in [0.15, 0.2) is 11.6 Å². The van der Waals surface area contributed by atoms with E-state index in [1.807, 2.05) is 6.08 Å². The van der Waals surface area contributed by atoms with Gasteiger partial charge in [-0.25, -0.2) is 0 Å². The molecule has 12 heavy (non-hydrogen) atoms. The van der Waals surface area contributed by atoms with Crippen molar-refractivity contribution in [3.8, 4) is 12.3 Å². The molecule has 2 unspecified atom stereocenters. The number of piperidine rings is 2. The van der Waals surface area contributed by atoms with Crippen LogP contribution in [0.25, 0.3) is 0 Å². The highest BCUT2D eigenvalue weighted by Crippen LogP contribution is 2.28. The molecule has 0 aromatic rings. The van der Waals surface area contributed by atoms with Gasteiger partial charge in [0, 0.05) is 12.1 Å². The summed E-state index contributed by atoms with van der Waals surface area (Å²) in [6, 6.07) is 1.44. The molecule has 2 heterocycles. The zero-order chi connectivity index (χ0) is 8.39. The summed E-state index contributed by atoms with van der Waals surface area (Å²) in [5, 5.41) is 3.63. The third kappa shape index (κ3) is 1.54. The van der Waals surface area contributed by atoms with E-state index in [0.29, 0.717) is 0 Å². The Balaban J connectivity index is 2.06. The fourth-order valence-corrected chi connectivity index (χ4v) is 2.38. The lowest BCUT2D eigenvalue weighted by Gasteiger charge is -2.37. The summed E-state index contributed by atoms with van der Waals surface area (Å²) in [6.45, 7) is 0. The number of allylic oxidation sites excluding steroid dienone is 1. The number of hydrogen-bond donors (Lipinski definition) is 1. The Kier molecular flexibility index (Phi) is 2.19. The van der Waals surface area contributed by atoms with Gasteiger partial charge in [-0.2, -0.15) is 0 Å². The molecule has 0 aromatic heterocycles. The van der Waals surface area contributed by atoms with E-state index in [4.69, 9.17) is 6.42 Å². The highest BCUT2D eigenvalue weighted by molar-refractivity contribution is 5.21. The first kappa shape index (κ1) is 7.89. The van der Waals surface area contributed by atoms with Gasteiger partial charge >= 0.3 is 0 Å². The molecule has 0 radical (unpaired) electrons. The molecule has 2 rings (SSSR count). The standard InChI is InChI=1S/C11H15N/c1-2-4-9-7-10-5-3-6-11(8-9)12-10/h1,4,10-12H,3,5-8H2. The Hall–Kier alpha value is -0.740.